The summed E-state index contributed by atoms with van der Waals surface area (Å²) in [7, 11) is 0. The number of hydrogen-bond donors (Lipinski definition) is 2. The topological polar surface area (TPSA) is 79.3 Å². The summed E-state index contributed by atoms with van der Waals surface area (Å²) in [5.41, 5.74) is -3.06. The fourth-order valence-corrected chi connectivity index (χ4v) is 3.04. The Morgan fingerprint density at radius 2 is 2.00 bits per heavy atom. The van der Waals surface area contributed by atoms with E-state index < -0.39 is 40.1 Å². The molecule has 144 valence electrons. The molecule has 9 heteroatoms. The molecule has 27 heavy (non-hydrogen) atoms. The fraction of sp³-hybridized carbons (Fsp3) is 0.278. The number of nitrogens with zero attached hydrogens (tertiary/aromatic N) is 1. The van der Waals surface area contributed by atoms with Gasteiger partial charge in [-0.15, -0.1) is 0 Å². The van der Waals surface area contributed by atoms with Crippen molar-refractivity contribution >= 4 is 23.6 Å². The van der Waals surface area contributed by atoms with Crippen molar-refractivity contribution in [2.45, 2.75) is 23.9 Å². The third-order valence-corrected chi connectivity index (χ3v) is 4.40. The lowest BCUT2D eigenvalue weighted by Crippen LogP contribution is -2.34. The summed E-state index contributed by atoms with van der Waals surface area (Å²) in [6.07, 6.45) is 1.34. The van der Waals surface area contributed by atoms with Gasteiger partial charge in [0.15, 0.2) is 0 Å². The molecule has 1 unspecified atom stereocenters. The Kier molecular flexibility index (Phi) is 6.84. The fourth-order valence-electron chi connectivity index (χ4n) is 2.44. The molecule has 0 saturated heterocycles. The van der Waals surface area contributed by atoms with Gasteiger partial charge in [0.1, 0.15) is 5.03 Å². The lowest BCUT2D eigenvalue weighted by molar-refractivity contribution is -0.141. The maximum atomic E-state index is 12.6. The van der Waals surface area contributed by atoms with Crippen LogP contribution in [0.3, 0.4) is 0 Å². The molecular formula is C18H17F3N2O3S. The number of pyridine rings is 1. The smallest absolute Gasteiger partial charge is 0.447 e. The first-order valence-corrected chi connectivity index (χ1v) is 8.74. The first-order valence-electron chi connectivity index (χ1n) is 7.93. The Balaban J connectivity index is 2.07. The summed E-state index contributed by atoms with van der Waals surface area (Å²) in [5, 5.41) is 11.3. The molecule has 0 spiro atoms. The van der Waals surface area contributed by atoms with Crippen LogP contribution < -0.4 is 5.32 Å². The molecule has 2 N–H and O–H groups in total. The average molecular weight is 398 g/mol. The van der Waals surface area contributed by atoms with Gasteiger partial charge in [-0.05, 0) is 31.0 Å². The number of benzene rings is 1. The molecule has 2 rings (SSSR count). The summed E-state index contributed by atoms with van der Waals surface area (Å²) < 4.78 is 37.8. The molecule has 0 radical (unpaired) electrons. The maximum absolute atomic E-state index is 12.6. The van der Waals surface area contributed by atoms with Crippen molar-refractivity contribution < 1.29 is 27.9 Å². The van der Waals surface area contributed by atoms with Crippen molar-refractivity contribution in [2.24, 2.45) is 5.92 Å². The molecule has 1 aromatic heterocycles. The second-order valence-corrected chi connectivity index (χ2v) is 6.90. The van der Waals surface area contributed by atoms with Crippen molar-refractivity contribution in [3.05, 3.63) is 59.3 Å². The summed E-state index contributed by atoms with van der Waals surface area (Å²) in [5.74, 6) is -2.82. The minimum atomic E-state index is -4.59. The molecule has 0 aliphatic heterocycles. The quantitative estimate of drug-likeness (QED) is 0.696. The van der Waals surface area contributed by atoms with Gasteiger partial charge >= 0.3 is 11.5 Å². The van der Waals surface area contributed by atoms with E-state index in [2.05, 4.69) is 10.3 Å². The number of carboxylic acid groups (broad SMARTS) is 1. The average Bonchev–Trinajstić information content (AvgIpc) is 2.57. The van der Waals surface area contributed by atoms with E-state index in [1.54, 1.807) is 12.1 Å². The van der Waals surface area contributed by atoms with E-state index in [1.807, 2.05) is 19.1 Å². The van der Waals surface area contributed by atoms with E-state index in [9.17, 15) is 27.9 Å². The number of halogens is 3. The number of hydrogen-bond acceptors (Lipinski definition) is 4. The summed E-state index contributed by atoms with van der Waals surface area (Å²) in [6.45, 7) is 1.66. The number of carbonyl (C=O) groups is 2. The van der Waals surface area contributed by atoms with Gasteiger partial charge in [0.2, 0.25) is 0 Å². The molecule has 1 amide bonds. The van der Waals surface area contributed by atoms with Crippen LogP contribution in [0.1, 0.15) is 21.5 Å². The largest absolute Gasteiger partial charge is 0.481 e. The van der Waals surface area contributed by atoms with Crippen LogP contribution in [0.5, 0.6) is 0 Å². The van der Waals surface area contributed by atoms with Gasteiger partial charge < -0.3 is 10.4 Å². The molecule has 2 aromatic rings. The zero-order valence-electron chi connectivity index (χ0n) is 14.3. The molecule has 5 nitrogen and oxygen atoms in total. The first-order chi connectivity index (χ1) is 12.7. The summed E-state index contributed by atoms with van der Waals surface area (Å²) in [6, 6.07) is 9.87. The highest BCUT2D eigenvalue weighted by Gasteiger charge is 2.32. The lowest BCUT2D eigenvalue weighted by atomic mass is 9.98. The van der Waals surface area contributed by atoms with Crippen LogP contribution in [0, 0.1) is 12.8 Å². The Labute approximate surface area is 158 Å². The van der Waals surface area contributed by atoms with E-state index in [0.29, 0.717) is 0 Å². The van der Waals surface area contributed by atoms with E-state index >= 15 is 0 Å². The molecule has 1 heterocycles. The maximum Gasteiger partial charge on any atom is 0.447 e. The van der Waals surface area contributed by atoms with Gasteiger partial charge in [0.05, 0.1) is 11.5 Å². The lowest BCUT2D eigenvalue weighted by Gasteiger charge is -2.15. The number of aromatic nitrogens is 1. The van der Waals surface area contributed by atoms with Gasteiger partial charge in [-0.3, -0.25) is 9.59 Å². The second kappa shape index (κ2) is 8.90. The molecule has 0 aliphatic carbocycles. The Bertz CT molecular complexity index is 827. The first kappa shape index (κ1) is 20.8. The SMILES string of the molecule is Cc1cccc(CC(CNC(=O)c2cccnc2SC(F)(F)F)C(=O)O)c1. The summed E-state index contributed by atoms with van der Waals surface area (Å²) >= 11 is -0.488. The number of alkyl halides is 3. The normalized spacial score (nSPS) is 12.4. The number of amides is 1. The van der Waals surface area contributed by atoms with Crippen LogP contribution in [0.4, 0.5) is 13.2 Å². The summed E-state index contributed by atoms with van der Waals surface area (Å²) in [4.78, 5) is 27.3. The number of nitrogens with one attached hydrogen (secondary N) is 1. The molecule has 0 bridgehead atoms. The molecule has 0 saturated carbocycles. The van der Waals surface area contributed by atoms with Crippen LogP contribution in [0.15, 0.2) is 47.6 Å². The van der Waals surface area contributed by atoms with Crippen LogP contribution in [0.25, 0.3) is 0 Å². The monoisotopic (exact) mass is 398 g/mol. The van der Waals surface area contributed by atoms with Gasteiger partial charge in [-0.2, -0.15) is 13.2 Å². The number of rotatable bonds is 7. The molecule has 1 aromatic carbocycles. The van der Waals surface area contributed by atoms with Crippen molar-refractivity contribution in [1.29, 1.82) is 0 Å². The molecule has 0 aliphatic rings. The van der Waals surface area contributed by atoms with E-state index in [0.717, 1.165) is 17.3 Å². The molecular weight excluding hydrogens is 381 g/mol. The van der Waals surface area contributed by atoms with Crippen molar-refractivity contribution in [1.82, 2.24) is 10.3 Å². The predicted octanol–water partition coefficient (Wildman–Crippen LogP) is 3.68. The van der Waals surface area contributed by atoms with Crippen LogP contribution in [0.2, 0.25) is 0 Å². The molecule has 1 atom stereocenters. The van der Waals surface area contributed by atoms with Gasteiger partial charge in [-0.25, -0.2) is 4.98 Å². The van der Waals surface area contributed by atoms with E-state index in [-0.39, 0.29) is 18.5 Å². The van der Waals surface area contributed by atoms with Crippen LogP contribution in [-0.2, 0) is 11.2 Å². The number of carboxylic acids is 1. The van der Waals surface area contributed by atoms with Gasteiger partial charge in [-0.1, -0.05) is 29.8 Å². The minimum Gasteiger partial charge on any atom is -0.481 e. The number of thioether (sulfide) groups is 1. The third kappa shape index (κ3) is 6.59. The van der Waals surface area contributed by atoms with E-state index in [4.69, 9.17) is 0 Å². The van der Waals surface area contributed by atoms with Crippen LogP contribution in [-0.4, -0.2) is 34.0 Å². The zero-order chi connectivity index (χ0) is 20.0. The number of aryl methyl sites for hydroxylation is 1. The Hall–Kier alpha value is -2.55. The van der Waals surface area contributed by atoms with Crippen LogP contribution >= 0.6 is 11.8 Å². The van der Waals surface area contributed by atoms with E-state index in [1.165, 1.54) is 12.1 Å². The Morgan fingerprint density at radius 1 is 1.26 bits per heavy atom. The minimum absolute atomic E-state index is 0.189. The second-order valence-electron chi connectivity index (χ2n) is 5.84. The third-order valence-electron chi connectivity index (χ3n) is 3.65. The highest BCUT2D eigenvalue weighted by atomic mass is 32.2. The van der Waals surface area contributed by atoms with Gasteiger partial charge in [0, 0.05) is 24.5 Å². The number of carbonyl (C=O) groups excluding carboxylic acids is 1. The van der Waals surface area contributed by atoms with Gasteiger partial charge in [0.25, 0.3) is 5.91 Å². The highest BCUT2D eigenvalue weighted by Crippen LogP contribution is 2.37. The standard InChI is InChI=1S/C18H17F3N2O3S/c1-11-4-2-5-12(8-11)9-13(17(25)26)10-23-15(24)14-6-3-7-22-16(14)27-18(19,20)21/h2-8,13H,9-10H2,1H3,(H,23,24)(H,25,26). The number of aliphatic carboxylic acids is 1. The van der Waals surface area contributed by atoms with Crippen molar-refractivity contribution in [3.8, 4) is 0 Å². The molecule has 0 fully saturated rings. The zero-order valence-corrected chi connectivity index (χ0v) is 15.1. The predicted molar refractivity (Wildman–Crippen MR) is 94.5 cm³/mol. The highest BCUT2D eigenvalue weighted by molar-refractivity contribution is 8.00. The van der Waals surface area contributed by atoms with Crippen molar-refractivity contribution in [2.75, 3.05) is 6.54 Å². The van der Waals surface area contributed by atoms with Crippen molar-refractivity contribution in [3.63, 3.8) is 0 Å². The Morgan fingerprint density at radius 3 is 2.63 bits per heavy atom.